The van der Waals surface area contributed by atoms with Crippen LogP contribution < -0.4 is 15.1 Å². The van der Waals surface area contributed by atoms with Crippen molar-refractivity contribution in [2.75, 3.05) is 29.9 Å². The Morgan fingerprint density at radius 3 is 2.17 bits per heavy atom. The van der Waals surface area contributed by atoms with Crippen LogP contribution >= 0.6 is 0 Å². The topological polar surface area (TPSA) is 132 Å². The number of amides is 3. The van der Waals surface area contributed by atoms with E-state index in [9.17, 15) is 37.6 Å². The van der Waals surface area contributed by atoms with Crippen molar-refractivity contribution < 1.29 is 32.3 Å². The first-order valence-corrected chi connectivity index (χ1v) is 16.7. The van der Waals surface area contributed by atoms with Crippen molar-refractivity contribution in [3.05, 3.63) is 119 Å². The second-order valence-electron chi connectivity index (χ2n) is 12.6. The summed E-state index contributed by atoms with van der Waals surface area (Å²) in [6.45, 7) is 1.57. The Labute approximate surface area is 302 Å². The van der Waals surface area contributed by atoms with Crippen LogP contribution in [0.25, 0.3) is 16.6 Å². The number of nitrogens with zero attached hydrogens (tertiary/aromatic N) is 6. The van der Waals surface area contributed by atoms with E-state index in [1.165, 1.54) is 48.0 Å². The molecule has 14 heteroatoms. The zero-order valence-electron chi connectivity index (χ0n) is 29.0. The van der Waals surface area contributed by atoms with Crippen LogP contribution in [0.1, 0.15) is 45.8 Å². The van der Waals surface area contributed by atoms with Crippen LogP contribution in [0.2, 0.25) is 0 Å². The first kappa shape index (κ1) is 36.5. The summed E-state index contributed by atoms with van der Waals surface area (Å²) in [6, 6.07) is 25.9. The number of aromatic nitrogens is 2. The van der Waals surface area contributed by atoms with Gasteiger partial charge in [0.15, 0.2) is 5.78 Å². The number of hydrogen-bond acceptors (Lipinski definition) is 7. The number of Topliss-reactive ketones (excluding diaryl/α,β-unsaturated/α-hetero) is 1. The maximum Gasteiger partial charge on any atom is 0.471 e. The van der Waals surface area contributed by atoms with Gasteiger partial charge in [-0.25, -0.2) is 4.68 Å². The molecule has 0 fully saturated rings. The van der Waals surface area contributed by atoms with Crippen LogP contribution in [0.4, 0.5) is 24.5 Å². The molecule has 2 atom stereocenters. The number of anilines is 2. The van der Waals surface area contributed by atoms with Crippen molar-refractivity contribution >= 4 is 45.8 Å². The normalized spacial score (nSPS) is 15.0. The molecule has 11 nitrogen and oxygen atoms in total. The largest absolute Gasteiger partial charge is 0.471 e. The first-order chi connectivity index (χ1) is 25.3. The number of fused-ring (bicyclic) bond motifs is 2. The molecule has 1 N–H and O–H groups in total. The lowest BCUT2D eigenvalue weighted by Gasteiger charge is -2.35. The van der Waals surface area contributed by atoms with Gasteiger partial charge in [-0.15, -0.1) is 0 Å². The van der Waals surface area contributed by atoms with Crippen molar-refractivity contribution in [1.82, 2.24) is 20.0 Å². The van der Waals surface area contributed by atoms with Crippen molar-refractivity contribution in [2.24, 2.45) is 0 Å². The highest BCUT2D eigenvalue weighted by atomic mass is 19.4. The number of alkyl halides is 3. The maximum absolute atomic E-state index is 14.9. The highest BCUT2D eigenvalue weighted by molar-refractivity contribution is 6.13. The summed E-state index contributed by atoms with van der Waals surface area (Å²) in [4.78, 5) is 57.2. The first-order valence-electron chi connectivity index (χ1n) is 16.7. The van der Waals surface area contributed by atoms with Gasteiger partial charge in [-0.3, -0.25) is 19.2 Å². The van der Waals surface area contributed by atoms with E-state index < -0.39 is 49.1 Å². The molecule has 2 heterocycles. The molecule has 53 heavy (non-hydrogen) atoms. The van der Waals surface area contributed by atoms with Gasteiger partial charge in [0.25, 0.3) is 11.8 Å². The van der Waals surface area contributed by atoms with E-state index in [4.69, 9.17) is 5.10 Å². The average molecular weight is 722 g/mol. The number of benzene rings is 4. The van der Waals surface area contributed by atoms with E-state index in [0.29, 0.717) is 38.3 Å². The maximum atomic E-state index is 14.9. The molecule has 270 valence electrons. The van der Waals surface area contributed by atoms with Gasteiger partial charge >= 0.3 is 12.1 Å². The molecule has 0 saturated carbocycles. The zero-order chi connectivity index (χ0) is 38.0. The van der Waals surface area contributed by atoms with Crippen LogP contribution in [0.15, 0.2) is 97.1 Å². The van der Waals surface area contributed by atoms with Gasteiger partial charge in [0.05, 0.1) is 46.9 Å². The molecule has 6 rings (SSSR count). The molecule has 0 unspecified atom stereocenters. The molecule has 0 spiro atoms. The molecule has 1 aliphatic rings. The second-order valence-corrected chi connectivity index (χ2v) is 12.6. The van der Waals surface area contributed by atoms with Crippen LogP contribution in [0, 0.1) is 11.3 Å². The fourth-order valence-corrected chi connectivity index (χ4v) is 6.39. The Morgan fingerprint density at radius 1 is 0.925 bits per heavy atom. The van der Waals surface area contributed by atoms with Gasteiger partial charge in [0.1, 0.15) is 12.1 Å². The molecule has 0 radical (unpaired) electrons. The van der Waals surface area contributed by atoms with Gasteiger partial charge in [-0.1, -0.05) is 54.6 Å². The minimum absolute atomic E-state index is 0.114. The van der Waals surface area contributed by atoms with Gasteiger partial charge in [-0.05, 0) is 63.4 Å². The van der Waals surface area contributed by atoms with Crippen molar-refractivity contribution in [1.29, 1.82) is 5.26 Å². The number of carbonyl (C=O) groups is 4. The van der Waals surface area contributed by atoms with E-state index in [1.807, 2.05) is 0 Å². The summed E-state index contributed by atoms with van der Waals surface area (Å²) >= 11 is 0. The highest BCUT2D eigenvalue weighted by Gasteiger charge is 2.49. The monoisotopic (exact) mass is 721 g/mol. The summed E-state index contributed by atoms with van der Waals surface area (Å²) in [5, 5.41) is 18.1. The molecule has 0 aliphatic carbocycles. The predicted molar refractivity (Wildman–Crippen MR) is 192 cm³/mol. The molecule has 0 bridgehead atoms. The van der Waals surface area contributed by atoms with Gasteiger partial charge in [0.2, 0.25) is 0 Å². The van der Waals surface area contributed by atoms with E-state index in [1.54, 1.807) is 84.4 Å². The van der Waals surface area contributed by atoms with E-state index >= 15 is 0 Å². The molecule has 1 aliphatic heterocycles. The second kappa shape index (κ2) is 14.7. The standard InChI is InChI=1S/C39H34F3N7O4/c1-24(44-3)21-48(38(53)39(40,41)42)35-23-47(36(51)27-18-16-26(17-19-27)25(2)50)34-15-9-8-14-33(34)46(37(35)52)22-30-29-11-5-7-13-32(29)49(45-30)31-12-6-4-10-28(31)20-43/h4-19,24,35,44H,21-23H2,1-3H3/t24-,35-/m0/s1. The molecular weight excluding hydrogens is 687 g/mol. The fourth-order valence-electron chi connectivity index (χ4n) is 6.39. The highest BCUT2D eigenvalue weighted by Crippen LogP contribution is 2.37. The number of para-hydroxylation sites is 4. The average Bonchev–Trinajstić information content (AvgIpc) is 3.47. The summed E-state index contributed by atoms with van der Waals surface area (Å²) in [5.74, 6) is -3.98. The summed E-state index contributed by atoms with van der Waals surface area (Å²) < 4.78 is 44.4. The minimum Gasteiger partial charge on any atom is -0.319 e. The third kappa shape index (κ3) is 7.11. The summed E-state index contributed by atoms with van der Waals surface area (Å²) in [5.41, 5.74) is 2.66. The van der Waals surface area contributed by atoms with Crippen LogP contribution in [-0.4, -0.2) is 76.6 Å². The number of nitriles is 1. The fraction of sp³-hybridized carbons (Fsp3) is 0.231. The molecular formula is C39H34F3N7O4. The third-order valence-corrected chi connectivity index (χ3v) is 9.22. The Morgan fingerprint density at radius 2 is 1.53 bits per heavy atom. The molecule has 4 aromatic carbocycles. The van der Waals surface area contributed by atoms with Crippen LogP contribution in [-0.2, 0) is 16.1 Å². The van der Waals surface area contributed by atoms with Crippen molar-refractivity contribution in [3.8, 4) is 11.8 Å². The number of likely N-dealkylation sites (N-methyl/N-ethyl adjacent to an activating group) is 1. The lowest BCUT2D eigenvalue weighted by molar-refractivity contribution is -0.188. The van der Waals surface area contributed by atoms with Gasteiger partial charge in [0, 0.05) is 29.1 Å². The number of nitrogens with one attached hydrogen (secondary N) is 1. The number of rotatable bonds is 9. The van der Waals surface area contributed by atoms with Crippen molar-refractivity contribution in [3.63, 3.8) is 0 Å². The Balaban J connectivity index is 1.54. The number of carbonyl (C=O) groups excluding carboxylic acids is 4. The minimum atomic E-state index is -5.34. The van der Waals surface area contributed by atoms with E-state index in [0.717, 1.165) is 0 Å². The Bertz CT molecular complexity index is 2260. The Kier molecular flexibility index (Phi) is 10.1. The molecule has 5 aromatic rings. The van der Waals surface area contributed by atoms with Crippen LogP contribution in [0.3, 0.4) is 0 Å². The van der Waals surface area contributed by atoms with Crippen LogP contribution in [0.5, 0.6) is 0 Å². The Hall–Kier alpha value is -6.33. The van der Waals surface area contributed by atoms with Gasteiger partial charge in [-0.2, -0.15) is 23.5 Å². The number of halogens is 3. The summed E-state index contributed by atoms with van der Waals surface area (Å²) in [6.07, 6.45) is -5.34. The van der Waals surface area contributed by atoms with Gasteiger partial charge < -0.3 is 20.0 Å². The predicted octanol–water partition coefficient (Wildman–Crippen LogP) is 5.66. The van der Waals surface area contributed by atoms with E-state index in [-0.39, 0.29) is 29.3 Å². The zero-order valence-corrected chi connectivity index (χ0v) is 29.0. The number of ketones is 1. The lowest BCUT2D eigenvalue weighted by atomic mass is 10.1. The summed E-state index contributed by atoms with van der Waals surface area (Å²) in [7, 11) is 1.52. The third-order valence-electron chi connectivity index (χ3n) is 9.22. The smallest absolute Gasteiger partial charge is 0.319 e. The number of hydrogen-bond donors (Lipinski definition) is 1. The molecule has 0 saturated heterocycles. The SMILES string of the molecule is CN[C@@H](C)CN(C(=O)C(F)(F)F)[C@H]1CN(C(=O)c2ccc(C(C)=O)cc2)c2ccccc2N(Cc2nn(-c3ccccc3C#N)c3ccccc23)C1=O. The lowest BCUT2D eigenvalue weighted by Crippen LogP contribution is -2.59. The van der Waals surface area contributed by atoms with Crippen molar-refractivity contribution in [2.45, 2.75) is 38.7 Å². The quantitative estimate of drug-likeness (QED) is 0.194. The molecule has 3 amide bonds. The van der Waals surface area contributed by atoms with E-state index in [2.05, 4.69) is 11.4 Å². The molecule has 1 aromatic heterocycles.